The molecule has 0 rings (SSSR count). The molecule has 15 heavy (non-hydrogen) atoms. The summed E-state index contributed by atoms with van der Waals surface area (Å²) < 4.78 is 38.9. The minimum absolute atomic E-state index is 0.232. The minimum atomic E-state index is -5.00. The molecule has 0 aromatic carbocycles. The van der Waals surface area contributed by atoms with Gasteiger partial charge in [-0.1, -0.05) is 20.8 Å². The fourth-order valence-electron chi connectivity index (χ4n) is 1.02. The van der Waals surface area contributed by atoms with Gasteiger partial charge in [0.05, 0.1) is 6.10 Å². The van der Waals surface area contributed by atoms with Gasteiger partial charge in [0.15, 0.2) is 0 Å². The maximum Gasteiger partial charge on any atom is 0.490 e. The van der Waals surface area contributed by atoms with Crippen LogP contribution in [0.5, 0.6) is 0 Å². The SMILES string of the molecule is CC(C)(C)CC(O)COC(=O)C(F)(F)F. The number of aliphatic hydroxyl groups excluding tert-OH is 1. The van der Waals surface area contributed by atoms with Crippen LogP contribution in [0.3, 0.4) is 0 Å². The van der Waals surface area contributed by atoms with E-state index in [1.807, 2.05) is 20.8 Å². The van der Waals surface area contributed by atoms with Crippen LogP contribution in [0.4, 0.5) is 13.2 Å². The molecule has 0 saturated heterocycles. The minimum Gasteiger partial charge on any atom is -0.456 e. The number of aliphatic hydroxyl groups is 1. The fourth-order valence-corrected chi connectivity index (χ4v) is 1.02. The first-order chi connectivity index (χ1) is 6.52. The third-order valence-corrected chi connectivity index (χ3v) is 1.49. The van der Waals surface area contributed by atoms with E-state index >= 15 is 0 Å². The Hall–Kier alpha value is -0.780. The Morgan fingerprint density at radius 3 is 2.13 bits per heavy atom. The second-order valence-corrected chi connectivity index (χ2v) is 4.51. The van der Waals surface area contributed by atoms with Gasteiger partial charge in [0.2, 0.25) is 0 Å². The lowest BCUT2D eigenvalue weighted by Gasteiger charge is -2.22. The summed E-state index contributed by atoms with van der Waals surface area (Å²) in [5.41, 5.74) is -0.232. The van der Waals surface area contributed by atoms with Gasteiger partial charge >= 0.3 is 12.1 Å². The summed E-state index contributed by atoms with van der Waals surface area (Å²) in [5, 5.41) is 9.25. The smallest absolute Gasteiger partial charge is 0.456 e. The second-order valence-electron chi connectivity index (χ2n) is 4.51. The standard InChI is InChI=1S/C9H15F3O3/c1-8(2,3)4-6(13)5-15-7(14)9(10,11)12/h6,13H,4-5H2,1-3H3. The molecule has 0 bridgehead atoms. The predicted molar refractivity (Wildman–Crippen MR) is 47.1 cm³/mol. The predicted octanol–water partition coefficient (Wildman–Crippen LogP) is 1.89. The molecule has 0 aromatic rings. The van der Waals surface area contributed by atoms with Gasteiger partial charge in [0.1, 0.15) is 6.61 Å². The summed E-state index contributed by atoms with van der Waals surface area (Å²) >= 11 is 0. The molecule has 0 aromatic heterocycles. The summed E-state index contributed by atoms with van der Waals surface area (Å²) in [5.74, 6) is -2.27. The van der Waals surface area contributed by atoms with Crippen molar-refractivity contribution in [3.8, 4) is 0 Å². The Morgan fingerprint density at radius 2 is 1.80 bits per heavy atom. The highest BCUT2D eigenvalue weighted by Gasteiger charge is 2.41. The van der Waals surface area contributed by atoms with E-state index in [-0.39, 0.29) is 11.8 Å². The molecule has 0 aliphatic rings. The number of alkyl halides is 3. The van der Waals surface area contributed by atoms with E-state index in [9.17, 15) is 23.1 Å². The van der Waals surface area contributed by atoms with E-state index < -0.39 is 24.9 Å². The molecule has 0 radical (unpaired) electrons. The Kier molecular flexibility index (Phi) is 4.58. The Labute approximate surface area is 86.2 Å². The lowest BCUT2D eigenvalue weighted by molar-refractivity contribution is -0.202. The molecule has 6 heteroatoms. The van der Waals surface area contributed by atoms with Gasteiger partial charge < -0.3 is 9.84 Å². The molecule has 0 aliphatic carbocycles. The van der Waals surface area contributed by atoms with Gasteiger partial charge in [-0.15, -0.1) is 0 Å². The molecule has 3 nitrogen and oxygen atoms in total. The van der Waals surface area contributed by atoms with Gasteiger partial charge in [-0.05, 0) is 11.8 Å². The van der Waals surface area contributed by atoms with Crippen LogP contribution in [0.1, 0.15) is 27.2 Å². The molecular formula is C9H15F3O3. The number of hydrogen-bond donors (Lipinski definition) is 1. The van der Waals surface area contributed by atoms with Gasteiger partial charge in [-0.3, -0.25) is 0 Å². The van der Waals surface area contributed by atoms with Crippen LogP contribution in [0.2, 0.25) is 0 Å². The highest BCUT2D eigenvalue weighted by molar-refractivity contribution is 5.75. The van der Waals surface area contributed by atoms with E-state index in [2.05, 4.69) is 4.74 Å². The van der Waals surface area contributed by atoms with Crippen molar-refractivity contribution in [2.45, 2.75) is 39.5 Å². The van der Waals surface area contributed by atoms with Crippen molar-refractivity contribution in [1.29, 1.82) is 0 Å². The number of carbonyl (C=O) groups is 1. The first kappa shape index (κ1) is 14.2. The highest BCUT2D eigenvalue weighted by atomic mass is 19.4. The quantitative estimate of drug-likeness (QED) is 0.750. The molecular weight excluding hydrogens is 213 g/mol. The summed E-state index contributed by atoms with van der Waals surface area (Å²) in [6, 6.07) is 0. The topological polar surface area (TPSA) is 46.5 Å². The number of rotatable bonds is 3. The average molecular weight is 228 g/mol. The van der Waals surface area contributed by atoms with E-state index in [1.165, 1.54) is 0 Å². The van der Waals surface area contributed by atoms with Gasteiger partial charge in [0.25, 0.3) is 0 Å². The third kappa shape index (κ3) is 7.18. The molecule has 0 heterocycles. The zero-order valence-corrected chi connectivity index (χ0v) is 8.89. The van der Waals surface area contributed by atoms with Crippen LogP contribution in [0.25, 0.3) is 0 Å². The number of carbonyl (C=O) groups excluding carboxylic acids is 1. The normalized spacial score (nSPS) is 14.9. The summed E-state index contributed by atoms with van der Waals surface area (Å²) in [6.45, 7) is 4.83. The van der Waals surface area contributed by atoms with Gasteiger partial charge in [0, 0.05) is 0 Å². The number of esters is 1. The molecule has 0 fully saturated rings. The van der Waals surface area contributed by atoms with Crippen molar-refractivity contribution in [2.75, 3.05) is 6.61 Å². The molecule has 0 aliphatic heterocycles. The lowest BCUT2D eigenvalue weighted by atomic mass is 9.89. The van der Waals surface area contributed by atoms with Gasteiger partial charge in [-0.2, -0.15) is 13.2 Å². The van der Waals surface area contributed by atoms with Crippen LogP contribution >= 0.6 is 0 Å². The van der Waals surface area contributed by atoms with Crippen LogP contribution in [0, 0.1) is 5.41 Å². The maximum absolute atomic E-state index is 11.7. The van der Waals surface area contributed by atoms with Crippen LogP contribution in [-0.4, -0.2) is 30.0 Å². The van der Waals surface area contributed by atoms with Crippen LogP contribution < -0.4 is 0 Å². The fraction of sp³-hybridized carbons (Fsp3) is 0.889. The lowest BCUT2D eigenvalue weighted by Crippen LogP contribution is -2.30. The van der Waals surface area contributed by atoms with Crippen LogP contribution in [0.15, 0.2) is 0 Å². The highest BCUT2D eigenvalue weighted by Crippen LogP contribution is 2.21. The molecule has 0 spiro atoms. The number of halogens is 3. The van der Waals surface area contributed by atoms with Crippen molar-refractivity contribution in [1.82, 2.24) is 0 Å². The van der Waals surface area contributed by atoms with Crippen molar-refractivity contribution < 1.29 is 27.8 Å². The Bertz CT molecular complexity index is 218. The third-order valence-electron chi connectivity index (χ3n) is 1.49. The second kappa shape index (κ2) is 4.83. The molecule has 1 atom stereocenters. The van der Waals surface area contributed by atoms with Crippen molar-refractivity contribution in [2.24, 2.45) is 5.41 Å². The number of hydrogen-bond acceptors (Lipinski definition) is 3. The Balaban J connectivity index is 3.92. The average Bonchev–Trinajstić information content (AvgIpc) is 1.94. The summed E-state index contributed by atoms with van der Waals surface area (Å²) in [4.78, 5) is 10.3. The number of ether oxygens (including phenoxy) is 1. The van der Waals surface area contributed by atoms with E-state index in [1.54, 1.807) is 0 Å². The van der Waals surface area contributed by atoms with Crippen LogP contribution in [-0.2, 0) is 9.53 Å². The van der Waals surface area contributed by atoms with Crippen molar-refractivity contribution >= 4 is 5.97 Å². The first-order valence-electron chi connectivity index (χ1n) is 4.44. The first-order valence-corrected chi connectivity index (χ1v) is 4.44. The van der Waals surface area contributed by atoms with E-state index in [0.29, 0.717) is 0 Å². The van der Waals surface area contributed by atoms with E-state index in [0.717, 1.165) is 0 Å². The monoisotopic (exact) mass is 228 g/mol. The molecule has 90 valence electrons. The molecule has 1 unspecified atom stereocenters. The molecule has 1 N–H and O–H groups in total. The maximum atomic E-state index is 11.7. The summed E-state index contributed by atoms with van der Waals surface area (Å²) in [7, 11) is 0. The van der Waals surface area contributed by atoms with Crippen molar-refractivity contribution in [3.63, 3.8) is 0 Å². The summed E-state index contributed by atoms with van der Waals surface area (Å²) in [6.07, 6.45) is -5.81. The van der Waals surface area contributed by atoms with E-state index in [4.69, 9.17) is 0 Å². The molecule has 0 saturated carbocycles. The Morgan fingerprint density at radius 1 is 1.33 bits per heavy atom. The molecule has 0 amide bonds. The zero-order valence-electron chi connectivity index (χ0n) is 8.89. The largest absolute Gasteiger partial charge is 0.490 e. The van der Waals surface area contributed by atoms with Gasteiger partial charge in [-0.25, -0.2) is 4.79 Å². The zero-order chi connectivity index (χ0) is 12.3. The van der Waals surface area contributed by atoms with Crippen molar-refractivity contribution in [3.05, 3.63) is 0 Å².